The molecular formula is C10H15N3O2. The first-order chi connectivity index (χ1) is 7.26. The van der Waals surface area contributed by atoms with Crippen LogP contribution in [0.5, 0.6) is 0 Å². The summed E-state index contributed by atoms with van der Waals surface area (Å²) in [5.74, 6) is 0.365. The highest BCUT2D eigenvalue weighted by Gasteiger charge is 2.02. The van der Waals surface area contributed by atoms with Crippen LogP contribution in [0.1, 0.15) is 19.5 Å². The van der Waals surface area contributed by atoms with Crippen molar-refractivity contribution < 1.29 is 9.53 Å². The van der Waals surface area contributed by atoms with Crippen molar-refractivity contribution >= 4 is 11.8 Å². The monoisotopic (exact) mass is 209 g/mol. The van der Waals surface area contributed by atoms with Gasteiger partial charge in [0.15, 0.2) is 0 Å². The Morgan fingerprint density at radius 3 is 2.93 bits per heavy atom. The Balaban J connectivity index is 2.46. The molecule has 0 aromatic carbocycles. The summed E-state index contributed by atoms with van der Waals surface area (Å²) in [5, 5.41) is 2.88. The fourth-order valence-electron chi connectivity index (χ4n) is 1.06. The molecule has 1 aromatic heterocycles. The second kappa shape index (κ2) is 5.95. The maximum absolute atomic E-state index is 11.0. The normalized spacial score (nSPS) is 9.73. The number of ether oxygens (including phenoxy) is 1. The molecule has 1 aromatic rings. The van der Waals surface area contributed by atoms with E-state index in [2.05, 4.69) is 15.3 Å². The predicted octanol–water partition coefficient (Wildman–Crippen LogP) is 1.01. The fraction of sp³-hybridized carbons (Fsp3) is 0.500. The molecule has 0 radical (unpaired) electrons. The zero-order chi connectivity index (χ0) is 11.1. The van der Waals surface area contributed by atoms with Crippen molar-refractivity contribution in [1.29, 1.82) is 0 Å². The molecule has 15 heavy (non-hydrogen) atoms. The van der Waals surface area contributed by atoms with Gasteiger partial charge in [-0.3, -0.25) is 4.79 Å². The smallest absolute Gasteiger partial charge is 0.325 e. The Hall–Kier alpha value is -1.65. The van der Waals surface area contributed by atoms with Gasteiger partial charge < -0.3 is 10.1 Å². The maximum Gasteiger partial charge on any atom is 0.325 e. The van der Waals surface area contributed by atoms with Crippen molar-refractivity contribution in [1.82, 2.24) is 9.97 Å². The van der Waals surface area contributed by atoms with Crippen LogP contribution in [0.2, 0.25) is 0 Å². The van der Waals surface area contributed by atoms with Crippen LogP contribution in [-0.4, -0.2) is 29.1 Å². The molecule has 0 bridgehead atoms. The zero-order valence-electron chi connectivity index (χ0n) is 8.99. The third-order valence-electron chi connectivity index (χ3n) is 1.81. The van der Waals surface area contributed by atoms with Gasteiger partial charge in [-0.25, -0.2) is 9.97 Å². The molecule has 5 heteroatoms. The number of hydrogen-bond acceptors (Lipinski definition) is 5. The lowest BCUT2D eigenvalue weighted by atomic mass is 10.3. The summed E-state index contributed by atoms with van der Waals surface area (Å²) in [7, 11) is 0. The van der Waals surface area contributed by atoms with Crippen LogP contribution in [0.25, 0.3) is 0 Å². The zero-order valence-corrected chi connectivity index (χ0v) is 8.99. The number of nitrogens with zero attached hydrogens (tertiary/aromatic N) is 2. The number of aryl methyl sites for hydroxylation is 1. The lowest BCUT2D eigenvalue weighted by Crippen LogP contribution is -2.17. The van der Waals surface area contributed by atoms with Crippen molar-refractivity contribution in [2.75, 3.05) is 18.5 Å². The van der Waals surface area contributed by atoms with E-state index in [1.807, 2.05) is 13.0 Å². The third kappa shape index (κ3) is 3.93. The molecule has 0 aliphatic carbocycles. The Morgan fingerprint density at radius 2 is 2.27 bits per heavy atom. The lowest BCUT2D eigenvalue weighted by molar-refractivity contribution is -0.140. The first-order valence-corrected chi connectivity index (χ1v) is 4.96. The van der Waals surface area contributed by atoms with Gasteiger partial charge in [-0.1, -0.05) is 6.92 Å². The summed E-state index contributed by atoms with van der Waals surface area (Å²) in [6, 6.07) is 1.82. The van der Waals surface area contributed by atoms with E-state index in [0.717, 1.165) is 12.1 Å². The van der Waals surface area contributed by atoms with Crippen molar-refractivity contribution in [3.05, 3.63) is 18.1 Å². The topological polar surface area (TPSA) is 64.1 Å². The first kappa shape index (κ1) is 11.4. The lowest BCUT2D eigenvalue weighted by Gasteiger charge is -2.05. The average Bonchev–Trinajstić information content (AvgIpc) is 2.27. The van der Waals surface area contributed by atoms with Crippen LogP contribution in [0.4, 0.5) is 5.82 Å². The van der Waals surface area contributed by atoms with Gasteiger partial charge in [-0.15, -0.1) is 0 Å². The molecule has 0 fully saturated rings. The Bertz CT molecular complexity index is 328. The quantitative estimate of drug-likeness (QED) is 0.733. The third-order valence-corrected chi connectivity index (χ3v) is 1.81. The number of aromatic nitrogens is 2. The van der Waals surface area contributed by atoms with Crippen molar-refractivity contribution in [3.63, 3.8) is 0 Å². The van der Waals surface area contributed by atoms with Crippen molar-refractivity contribution in [3.8, 4) is 0 Å². The molecule has 0 aliphatic heterocycles. The molecular weight excluding hydrogens is 194 g/mol. The minimum Gasteiger partial charge on any atom is -0.465 e. The van der Waals surface area contributed by atoms with E-state index in [-0.39, 0.29) is 12.5 Å². The van der Waals surface area contributed by atoms with Crippen LogP contribution in [0, 0.1) is 0 Å². The number of anilines is 1. The molecule has 0 amide bonds. The van der Waals surface area contributed by atoms with E-state index < -0.39 is 0 Å². The number of nitrogens with one attached hydrogen (secondary N) is 1. The number of hydrogen-bond donors (Lipinski definition) is 1. The van der Waals surface area contributed by atoms with Gasteiger partial charge in [0.25, 0.3) is 0 Å². The number of carbonyl (C=O) groups excluding carboxylic acids is 1. The van der Waals surface area contributed by atoms with Crippen molar-refractivity contribution in [2.24, 2.45) is 0 Å². The molecule has 0 aliphatic rings. The summed E-state index contributed by atoms with van der Waals surface area (Å²) < 4.78 is 4.78. The highest BCUT2D eigenvalue weighted by atomic mass is 16.5. The number of esters is 1. The van der Waals surface area contributed by atoms with E-state index in [1.54, 1.807) is 6.92 Å². The first-order valence-electron chi connectivity index (χ1n) is 4.96. The number of carbonyl (C=O) groups is 1. The second-order valence-electron chi connectivity index (χ2n) is 2.91. The SMILES string of the molecule is CCOC(=O)CNc1cc(CC)ncn1. The van der Waals surface area contributed by atoms with Gasteiger partial charge in [-0.2, -0.15) is 0 Å². The highest BCUT2D eigenvalue weighted by Crippen LogP contribution is 2.03. The van der Waals surface area contributed by atoms with Gasteiger partial charge >= 0.3 is 5.97 Å². The van der Waals surface area contributed by atoms with Crippen LogP contribution in [0.3, 0.4) is 0 Å². The summed E-state index contributed by atoms with van der Waals surface area (Å²) in [4.78, 5) is 19.1. The predicted molar refractivity (Wildman–Crippen MR) is 56.5 cm³/mol. The van der Waals surface area contributed by atoms with Gasteiger partial charge in [0, 0.05) is 11.8 Å². The molecule has 82 valence electrons. The molecule has 1 N–H and O–H groups in total. The van der Waals surface area contributed by atoms with E-state index in [4.69, 9.17) is 4.74 Å². The molecule has 1 rings (SSSR count). The van der Waals surface area contributed by atoms with Gasteiger partial charge in [0.1, 0.15) is 18.7 Å². The Labute approximate surface area is 88.9 Å². The molecule has 0 atom stereocenters. The molecule has 0 saturated heterocycles. The van der Waals surface area contributed by atoms with Crippen LogP contribution >= 0.6 is 0 Å². The van der Waals surface area contributed by atoms with Gasteiger partial charge in [0.2, 0.25) is 0 Å². The highest BCUT2D eigenvalue weighted by molar-refractivity contribution is 5.74. The number of rotatable bonds is 5. The summed E-state index contributed by atoms with van der Waals surface area (Å²) in [5.41, 5.74) is 0.941. The molecule has 0 unspecified atom stereocenters. The minimum absolute atomic E-state index is 0.133. The fourth-order valence-corrected chi connectivity index (χ4v) is 1.06. The molecule has 0 spiro atoms. The van der Waals surface area contributed by atoms with E-state index >= 15 is 0 Å². The molecule has 5 nitrogen and oxygen atoms in total. The summed E-state index contributed by atoms with van der Waals surface area (Å²) in [6.45, 7) is 4.31. The van der Waals surface area contributed by atoms with E-state index in [9.17, 15) is 4.79 Å². The maximum atomic E-state index is 11.0. The van der Waals surface area contributed by atoms with Crippen LogP contribution < -0.4 is 5.32 Å². The molecule has 1 heterocycles. The Morgan fingerprint density at radius 1 is 1.47 bits per heavy atom. The molecule has 0 saturated carbocycles. The summed E-state index contributed by atoms with van der Waals surface area (Å²) >= 11 is 0. The van der Waals surface area contributed by atoms with E-state index in [1.165, 1.54) is 6.33 Å². The van der Waals surface area contributed by atoms with Crippen molar-refractivity contribution in [2.45, 2.75) is 20.3 Å². The van der Waals surface area contributed by atoms with Crippen LogP contribution in [-0.2, 0) is 16.0 Å². The largest absolute Gasteiger partial charge is 0.465 e. The summed E-state index contributed by atoms with van der Waals surface area (Å²) in [6.07, 6.45) is 2.32. The van der Waals surface area contributed by atoms with Gasteiger partial charge in [0.05, 0.1) is 6.61 Å². The second-order valence-corrected chi connectivity index (χ2v) is 2.91. The van der Waals surface area contributed by atoms with Crippen LogP contribution in [0.15, 0.2) is 12.4 Å². The van der Waals surface area contributed by atoms with Gasteiger partial charge in [-0.05, 0) is 13.3 Å². The minimum atomic E-state index is -0.283. The van der Waals surface area contributed by atoms with E-state index in [0.29, 0.717) is 12.4 Å². The average molecular weight is 209 g/mol. The Kier molecular flexibility index (Phi) is 4.53. The standard InChI is InChI=1S/C10H15N3O2/c1-3-8-5-9(13-7-12-8)11-6-10(14)15-4-2/h5,7H,3-4,6H2,1-2H3,(H,11,12,13).